The molecule has 0 spiro atoms. The fraction of sp³-hybridized carbons (Fsp3) is 0.667. The van der Waals surface area contributed by atoms with Gasteiger partial charge in [0.2, 0.25) is 0 Å². The quantitative estimate of drug-likeness (QED) is 0.885. The molecule has 2 fully saturated rings. The molecule has 1 aliphatic carbocycles. The highest BCUT2D eigenvalue weighted by Crippen LogP contribution is 2.40. The second kappa shape index (κ2) is 4.88. The average molecular weight is 281 g/mol. The van der Waals surface area contributed by atoms with E-state index < -0.39 is 12.0 Å². The van der Waals surface area contributed by atoms with Crippen LogP contribution in [0.1, 0.15) is 42.6 Å². The minimum Gasteiger partial charge on any atom is -0.480 e. The number of fused-ring (bicyclic) bond motifs is 1. The molecule has 102 valence electrons. The summed E-state index contributed by atoms with van der Waals surface area (Å²) in [5.41, 5.74) is 0.266. The molecule has 0 aromatic carbocycles. The van der Waals surface area contributed by atoms with E-state index in [0.717, 1.165) is 37.2 Å². The summed E-state index contributed by atoms with van der Waals surface area (Å²) in [6.45, 7) is 0. The Bertz CT molecular complexity index is 490. The number of amides is 1. The molecule has 1 aliphatic heterocycles. The maximum Gasteiger partial charge on any atom is 0.326 e. The van der Waals surface area contributed by atoms with Crippen LogP contribution >= 0.6 is 11.5 Å². The van der Waals surface area contributed by atoms with Crippen molar-refractivity contribution in [1.29, 1.82) is 0 Å². The molecule has 3 rings (SSSR count). The fourth-order valence-electron chi connectivity index (χ4n) is 3.36. The van der Waals surface area contributed by atoms with E-state index in [1.165, 1.54) is 0 Å². The standard InChI is InChI=1S/C12H15N3O3S/c16-11(8-6-19-14-13-8)15-9-4-2-1-3-7(9)5-10(15)12(17)18/h6-7,9-10H,1-5H2,(H,17,18). The van der Waals surface area contributed by atoms with Gasteiger partial charge in [-0.2, -0.15) is 0 Å². The molecule has 1 saturated heterocycles. The van der Waals surface area contributed by atoms with Crippen LogP contribution in [-0.4, -0.2) is 43.6 Å². The van der Waals surface area contributed by atoms with E-state index in [0.29, 0.717) is 12.3 Å². The first-order valence-corrected chi connectivity index (χ1v) is 7.34. The van der Waals surface area contributed by atoms with Crippen molar-refractivity contribution < 1.29 is 14.7 Å². The Kier molecular flexibility index (Phi) is 3.22. The highest BCUT2D eigenvalue weighted by atomic mass is 32.1. The monoisotopic (exact) mass is 281 g/mol. The van der Waals surface area contributed by atoms with Crippen LogP contribution in [0, 0.1) is 5.92 Å². The lowest BCUT2D eigenvalue weighted by Crippen LogP contribution is -2.46. The number of carboxylic acid groups (broad SMARTS) is 1. The predicted molar refractivity (Wildman–Crippen MR) is 67.9 cm³/mol. The van der Waals surface area contributed by atoms with E-state index in [9.17, 15) is 14.7 Å². The number of hydrogen-bond acceptors (Lipinski definition) is 5. The topological polar surface area (TPSA) is 83.4 Å². The molecule has 19 heavy (non-hydrogen) atoms. The van der Waals surface area contributed by atoms with Gasteiger partial charge in [-0.1, -0.05) is 17.3 Å². The Morgan fingerprint density at radius 2 is 2.16 bits per heavy atom. The van der Waals surface area contributed by atoms with Gasteiger partial charge in [0.15, 0.2) is 5.69 Å². The molecular formula is C12H15N3O3S. The molecule has 1 aromatic rings. The fourth-order valence-corrected chi connectivity index (χ4v) is 3.79. The lowest BCUT2D eigenvalue weighted by Gasteiger charge is -2.32. The maximum atomic E-state index is 12.4. The number of carbonyl (C=O) groups is 2. The maximum absolute atomic E-state index is 12.4. The molecule has 0 radical (unpaired) electrons. The first-order chi connectivity index (χ1) is 9.18. The molecule has 1 saturated carbocycles. The smallest absolute Gasteiger partial charge is 0.326 e. The number of carboxylic acids is 1. The Morgan fingerprint density at radius 1 is 1.37 bits per heavy atom. The summed E-state index contributed by atoms with van der Waals surface area (Å²) in [6, 6.07) is -0.647. The minimum absolute atomic E-state index is 0.0593. The van der Waals surface area contributed by atoms with Crippen LogP contribution in [0.15, 0.2) is 5.38 Å². The Morgan fingerprint density at radius 3 is 2.84 bits per heavy atom. The second-order valence-corrected chi connectivity index (χ2v) is 5.81. The van der Waals surface area contributed by atoms with Gasteiger partial charge >= 0.3 is 5.97 Å². The van der Waals surface area contributed by atoms with Crippen molar-refractivity contribution in [2.24, 2.45) is 5.92 Å². The number of likely N-dealkylation sites (tertiary alicyclic amines) is 1. The van der Waals surface area contributed by atoms with Gasteiger partial charge in [-0.15, -0.1) is 5.10 Å². The van der Waals surface area contributed by atoms with Crippen LogP contribution in [-0.2, 0) is 4.79 Å². The van der Waals surface area contributed by atoms with Gasteiger partial charge in [0.25, 0.3) is 5.91 Å². The summed E-state index contributed by atoms with van der Waals surface area (Å²) in [6.07, 6.45) is 4.69. The molecule has 1 aromatic heterocycles. The lowest BCUT2D eigenvalue weighted by atomic mass is 9.84. The lowest BCUT2D eigenvalue weighted by molar-refractivity contribution is -0.141. The Balaban J connectivity index is 1.90. The highest BCUT2D eigenvalue weighted by molar-refractivity contribution is 7.03. The van der Waals surface area contributed by atoms with Gasteiger partial charge < -0.3 is 10.0 Å². The first kappa shape index (κ1) is 12.5. The van der Waals surface area contributed by atoms with Crippen LogP contribution in [0.3, 0.4) is 0 Å². The summed E-state index contributed by atoms with van der Waals surface area (Å²) in [4.78, 5) is 25.4. The SMILES string of the molecule is O=C(O)C1CC2CCCCC2N1C(=O)c1csnn1. The number of nitrogens with zero attached hydrogens (tertiary/aromatic N) is 3. The number of carbonyl (C=O) groups excluding carboxylic acids is 1. The van der Waals surface area contributed by atoms with Crippen LogP contribution in [0.2, 0.25) is 0 Å². The van der Waals surface area contributed by atoms with Gasteiger partial charge in [-0.05, 0) is 36.7 Å². The van der Waals surface area contributed by atoms with Gasteiger partial charge in [0.05, 0.1) is 0 Å². The normalized spacial score (nSPS) is 30.1. The largest absolute Gasteiger partial charge is 0.480 e. The van der Waals surface area contributed by atoms with Crippen LogP contribution in [0.5, 0.6) is 0 Å². The molecule has 3 atom stereocenters. The zero-order valence-electron chi connectivity index (χ0n) is 10.4. The van der Waals surface area contributed by atoms with Gasteiger partial charge in [-0.25, -0.2) is 4.79 Å². The average Bonchev–Trinajstić information content (AvgIpc) is 3.05. The van der Waals surface area contributed by atoms with Crippen molar-refractivity contribution in [3.63, 3.8) is 0 Å². The van der Waals surface area contributed by atoms with Crippen molar-refractivity contribution >= 4 is 23.4 Å². The molecule has 2 aliphatic rings. The van der Waals surface area contributed by atoms with Gasteiger partial charge in [0.1, 0.15) is 6.04 Å². The summed E-state index contributed by atoms with van der Waals surface area (Å²) in [5.74, 6) is -0.869. The summed E-state index contributed by atoms with van der Waals surface area (Å²) >= 11 is 1.11. The number of aromatic nitrogens is 2. The van der Waals surface area contributed by atoms with Crippen molar-refractivity contribution in [3.8, 4) is 0 Å². The van der Waals surface area contributed by atoms with Crippen molar-refractivity contribution in [2.75, 3.05) is 0 Å². The summed E-state index contributed by atoms with van der Waals surface area (Å²) < 4.78 is 3.69. The Labute approximate surface area is 114 Å². The molecular weight excluding hydrogens is 266 g/mol. The molecule has 1 amide bonds. The molecule has 1 N–H and O–H groups in total. The van der Waals surface area contributed by atoms with Crippen LogP contribution < -0.4 is 0 Å². The van der Waals surface area contributed by atoms with Crippen LogP contribution in [0.4, 0.5) is 0 Å². The van der Waals surface area contributed by atoms with E-state index >= 15 is 0 Å². The second-order valence-electron chi connectivity index (χ2n) is 5.20. The number of hydrogen-bond donors (Lipinski definition) is 1. The molecule has 3 unspecified atom stereocenters. The zero-order valence-corrected chi connectivity index (χ0v) is 11.2. The summed E-state index contributed by atoms with van der Waals surface area (Å²) in [5, 5.41) is 14.7. The first-order valence-electron chi connectivity index (χ1n) is 6.51. The predicted octanol–water partition coefficient (Wildman–Crippen LogP) is 1.40. The van der Waals surface area contributed by atoms with E-state index in [1.54, 1.807) is 10.3 Å². The molecule has 7 heteroatoms. The van der Waals surface area contributed by atoms with E-state index in [-0.39, 0.29) is 17.6 Å². The molecule has 6 nitrogen and oxygen atoms in total. The zero-order chi connectivity index (χ0) is 13.4. The molecule has 0 bridgehead atoms. The highest BCUT2D eigenvalue weighted by Gasteiger charge is 2.48. The van der Waals surface area contributed by atoms with Crippen molar-refractivity contribution in [2.45, 2.75) is 44.2 Å². The van der Waals surface area contributed by atoms with Gasteiger partial charge in [0, 0.05) is 11.4 Å². The van der Waals surface area contributed by atoms with E-state index in [4.69, 9.17) is 0 Å². The van der Waals surface area contributed by atoms with Crippen LogP contribution in [0.25, 0.3) is 0 Å². The summed E-state index contributed by atoms with van der Waals surface area (Å²) in [7, 11) is 0. The third-order valence-electron chi connectivity index (χ3n) is 4.19. The number of rotatable bonds is 2. The minimum atomic E-state index is -0.911. The molecule has 2 heterocycles. The van der Waals surface area contributed by atoms with E-state index in [1.807, 2.05) is 0 Å². The van der Waals surface area contributed by atoms with Gasteiger partial charge in [-0.3, -0.25) is 4.79 Å². The number of aliphatic carboxylic acids is 1. The van der Waals surface area contributed by atoms with Crippen molar-refractivity contribution in [3.05, 3.63) is 11.1 Å². The van der Waals surface area contributed by atoms with Crippen molar-refractivity contribution in [1.82, 2.24) is 14.5 Å². The van der Waals surface area contributed by atoms with E-state index in [2.05, 4.69) is 9.59 Å². The third kappa shape index (κ3) is 2.11. The Hall–Kier alpha value is -1.50. The third-order valence-corrected chi connectivity index (χ3v) is 4.69.